The summed E-state index contributed by atoms with van der Waals surface area (Å²) in [4.78, 5) is 21.8. The molecule has 0 unspecified atom stereocenters. The normalized spacial score (nSPS) is 31.9. The van der Waals surface area contributed by atoms with Crippen molar-refractivity contribution in [3.8, 4) is 0 Å². The van der Waals surface area contributed by atoms with E-state index >= 15 is 0 Å². The van der Waals surface area contributed by atoms with Crippen LogP contribution in [0.5, 0.6) is 0 Å². The Kier molecular flexibility index (Phi) is 4.28. The van der Waals surface area contributed by atoms with Crippen molar-refractivity contribution in [1.29, 1.82) is 0 Å². The molecule has 4 aliphatic rings. The lowest BCUT2D eigenvalue weighted by Gasteiger charge is -2.54. The van der Waals surface area contributed by atoms with E-state index in [-0.39, 0.29) is 11.9 Å². The maximum atomic E-state index is 13.6. The number of hydrogen-bond donors (Lipinski definition) is 1. The molecule has 152 valence electrons. The van der Waals surface area contributed by atoms with E-state index in [9.17, 15) is 4.79 Å². The van der Waals surface area contributed by atoms with Crippen LogP contribution in [-0.2, 0) is 0 Å². The van der Waals surface area contributed by atoms with Gasteiger partial charge in [0.2, 0.25) is 0 Å². The van der Waals surface area contributed by atoms with Crippen LogP contribution in [0.15, 0.2) is 35.9 Å². The van der Waals surface area contributed by atoms with Crippen LogP contribution in [0.25, 0.3) is 10.9 Å². The Bertz CT molecular complexity index is 995. The molecule has 29 heavy (non-hydrogen) atoms. The van der Waals surface area contributed by atoms with Crippen molar-refractivity contribution in [2.45, 2.75) is 50.6 Å². The molecule has 1 aromatic carbocycles. The predicted octanol–water partition coefficient (Wildman–Crippen LogP) is 4.86. The zero-order valence-electron chi connectivity index (χ0n) is 16.7. The third-order valence-electron chi connectivity index (χ3n) is 7.76. The van der Waals surface area contributed by atoms with Gasteiger partial charge in [-0.05, 0) is 68.7 Å². The van der Waals surface area contributed by atoms with E-state index in [0.717, 1.165) is 42.9 Å². The SMILES string of the molecule is O=C(c1cc2c(Cl)cccc2[nH]1)N1CCCC2=C[C@H]3C[C@@H](CN4CCCC[C@H]34)[C@H]21. The lowest BCUT2D eigenvalue weighted by Crippen LogP contribution is -2.60. The Hall–Kier alpha value is -1.78. The Balaban J connectivity index is 1.34. The van der Waals surface area contributed by atoms with Gasteiger partial charge in [0.25, 0.3) is 5.91 Å². The van der Waals surface area contributed by atoms with Crippen LogP contribution in [-0.4, -0.2) is 52.4 Å². The number of H-pyrrole nitrogens is 1. The summed E-state index contributed by atoms with van der Waals surface area (Å²) in [5.41, 5.74) is 3.14. The van der Waals surface area contributed by atoms with Gasteiger partial charge in [-0.15, -0.1) is 0 Å². The summed E-state index contributed by atoms with van der Waals surface area (Å²) in [7, 11) is 0. The van der Waals surface area contributed by atoms with Gasteiger partial charge in [-0.25, -0.2) is 0 Å². The Morgan fingerprint density at radius 1 is 1.17 bits per heavy atom. The van der Waals surface area contributed by atoms with Gasteiger partial charge >= 0.3 is 0 Å². The van der Waals surface area contributed by atoms with Crippen LogP contribution in [0.1, 0.15) is 49.0 Å². The van der Waals surface area contributed by atoms with E-state index in [2.05, 4.69) is 20.9 Å². The third-order valence-corrected chi connectivity index (χ3v) is 8.09. The van der Waals surface area contributed by atoms with E-state index in [0.29, 0.717) is 22.6 Å². The summed E-state index contributed by atoms with van der Waals surface area (Å²) in [5.74, 6) is 1.40. The molecule has 4 heterocycles. The van der Waals surface area contributed by atoms with Gasteiger partial charge < -0.3 is 9.88 Å². The number of rotatable bonds is 1. The van der Waals surface area contributed by atoms with Crippen LogP contribution in [0, 0.1) is 11.8 Å². The number of fused-ring (bicyclic) bond motifs is 7. The summed E-state index contributed by atoms with van der Waals surface area (Å²) in [5, 5.41) is 1.63. The fourth-order valence-electron chi connectivity index (χ4n) is 6.59. The molecule has 2 aromatic rings. The van der Waals surface area contributed by atoms with Crippen LogP contribution in [0.2, 0.25) is 5.02 Å². The standard InChI is InChI=1S/C24H28ClN3O/c25-19-6-3-7-20-18(19)13-21(26-20)24(29)28-10-4-5-15-11-16-12-17(23(15)28)14-27-9-2-1-8-22(16)27/h3,6-7,11,13,16-17,22-23,26H,1-2,4-5,8-10,12,14H2/t16-,17-,22+,23-/m0/s1. The summed E-state index contributed by atoms with van der Waals surface area (Å²) in [6, 6.07) is 8.75. The number of halogens is 1. The first-order chi connectivity index (χ1) is 14.2. The Labute approximate surface area is 176 Å². The van der Waals surface area contributed by atoms with Gasteiger partial charge in [0.05, 0.1) is 6.04 Å². The summed E-state index contributed by atoms with van der Waals surface area (Å²) >= 11 is 6.35. The number of aromatic nitrogens is 1. The van der Waals surface area contributed by atoms with Crippen LogP contribution >= 0.6 is 11.6 Å². The summed E-state index contributed by atoms with van der Waals surface area (Å²) < 4.78 is 0. The zero-order valence-corrected chi connectivity index (χ0v) is 17.5. The number of carbonyl (C=O) groups is 1. The fourth-order valence-corrected chi connectivity index (χ4v) is 6.82. The number of nitrogens with zero attached hydrogens (tertiary/aromatic N) is 2. The molecule has 0 spiro atoms. The van der Waals surface area contributed by atoms with Gasteiger partial charge in [0.15, 0.2) is 0 Å². The summed E-state index contributed by atoms with van der Waals surface area (Å²) in [6.45, 7) is 3.25. The molecule has 3 fully saturated rings. The second kappa shape index (κ2) is 6.88. The summed E-state index contributed by atoms with van der Waals surface area (Å²) in [6.07, 6.45) is 10.1. The number of amides is 1. The molecule has 3 saturated heterocycles. The van der Waals surface area contributed by atoms with Crippen molar-refractivity contribution in [3.63, 3.8) is 0 Å². The minimum absolute atomic E-state index is 0.132. The second-order valence-corrected chi connectivity index (χ2v) is 9.80. The molecule has 1 aliphatic carbocycles. The highest BCUT2D eigenvalue weighted by Gasteiger charge is 2.47. The highest BCUT2D eigenvalue weighted by atomic mass is 35.5. The van der Waals surface area contributed by atoms with Gasteiger partial charge in [-0.2, -0.15) is 0 Å². The molecule has 4 nitrogen and oxygen atoms in total. The number of piperidine rings is 3. The molecule has 1 aromatic heterocycles. The first-order valence-electron chi connectivity index (χ1n) is 11.2. The highest BCUT2D eigenvalue weighted by Crippen LogP contribution is 2.45. The van der Waals surface area contributed by atoms with E-state index in [1.165, 1.54) is 37.8 Å². The minimum atomic E-state index is 0.132. The van der Waals surface area contributed by atoms with Crippen molar-refractivity contribution in [2.75, 3.05) is 19.6 Å². The molecule has 5 heteroatoms. The maximum Gasteiger partial charge on any atom is 0.270 e. The van der Waals surface area contributed by atoms with Crippen molar-refractivity contribution in [3.05, 3.63) is 46.6 Å². The molecule has 6 rings (SSSR count). The monoisotopic (exact) mass is 409 g/mol. The van der Waals surface area contributed by atoms with Gasteiger partial charge in [-0.3, -0.25) is 9.69 Å². The molecule has 0 saturated carbocycles. The molecule has 1 N–H and O–H groups in total. The number of aromatic amines is 1. The molecule has 3 aliphatic heterocycles. The molecular formula is C24H28ClN3O. The average molecular weight is 410 g/mol. The van der Waals surface area contributed by atoms with E-state index in [4.69, 9.17) is 11.6 Å². The second-order valence-electron chi connectivity index (χ2n) is 9.39. The maximum absolute atomic E-state index is 13.6. The molecule has 4 atom stereocenters. The average Bonchev–Trinajstić information content (AvgIpc) is 3.19. The molecular weight excluding hydrogens is 382 g/mol. The van der Waals surface area contributed by atoms with Crippen LogP contribution in [0.4, 0.5) is 0 Å². The number of benzene rings is 1. The van der Waals surface area contributed by atoms with Gasteiger partial charge in [-0.1, -0.05) is 35.7 Å². The smallest absolute Gasteiger partial charge is 0.270 e. The quantitative estimate of drug-likeness (QED) is 0.683. The largest absolute Gasteiger partial charge is 0.350 e. The Morgan fingerprint density at radius 2 is 2.10 bits per heavy atom. The zero-order chi connectivity index (χ0) is 19.5. The first-order valence-corrected chi connectivity index (χ1v) is 11.6. The van der Waals surface area contributed by atoms with Crippen molar-refractivity contribution >= 4 is 28.4 Å². The van der Waals surface area contributed by atoms with Gasteiger partial charge in [0.1, 0.15) is 5.69 Å². The lowest BCUT2D eigenvalue weighted by atomic mass is 9.68. The molecule has 2 bridgehead atoms. The highest BCUT2D eigenvalue weighted by molar-refractivity contribution is 6.35. The minimum Gasteiger partial charge on any atom is -0.350 e. The predicted molar refractivity (Wildman–Crippen MR) is 116 cm³/mol. The molecule has 1 amide bonds. The van der Waals surface area contributed by atoms with E-state index < -0.39 is 0 Å². The van der Waals surface area contributed by atoms with Crippen molar-refractivity contribution in [2.24, 2.45) is 11.8 Å². The van der Waals surface area contributed by atoms with E-state index in [1.807, 2.05) is 24.3 Å². The number of hydrogen-bond acceptors (Lipinski definition) is 2. The third kappa shape index (κ3) is 2.87. The fraction of sp³-hybridized carbons (Fsp3) is 0.542. The topological polar surface area (TPSA) is 39.3 Å². The van der Waals surface area contributed by atoms with Gasteiger partial charge in [0, 0.05) is 35.1 Å². The number of nitrogens with one attached hydrogen (secondary N) is 1. The van der Waals surface area contributed by atoms with Crippen LogP contribution < -0.4 is 0 Å². The van der Waals surface area contributed by atoms with Crippen LogP contribution in [0.3, 0.4) is 0 Å². The van der Waals surface area contributed by atoms with Crippen molar-refractivity contribution in [1.82, 2.24) is 14.8 Å². The van der Waals surface area contributed by atoms with Crippen molar-refractivity contribution < 1.29 is 4.79 Å². The van der Waals surface area contributed by atoms with E-state index in [1.54, 1.807) is 0 Å². The molecule has 0 radical (unpaired) electrons. The number of carbonyl (C=O) groups excluding carboxylic acids is 1. The lowest BCUT2D eigenvalue weighted by molar-refractivity contribution is 0.00134. The Morgan fingerprint density at radius 3 is 3.00 bits per heavy atom. The number of likely N-dealkylation sites (tertiary alicyclic amines) is 1. The first kappa shape index (κ1) is 18.0.